The van der Waals surface area contributed by atoms with Crippen LogP contribution in [0.15, 0.2) is 0 Å². The van der Waals surface area contributed by atoms with Crippen molar-refractivity contribution in [1.82, 2.24) is 10.2 Å². The number of carbonyl (C=O) groups excluding carboxylic acids is 1. The van der Waals surface area contributed by atoms with Crippen LogP contribution < -0.4 is 5.32 Å². The smallest absolute Gasteiger partial charge is 0.317 e. The van der Waals surface area contributed by atoms with Crippen molar-refractivity contribution in [2.24, 2.45) is 11.8 Å². The molecule has 2 fully saturated rings. The Morgan fingerprint density at radius 3 is 2.47 bits per heavy atom. The van der Waals surface area contributed by atoms with Gasteiger partial charge in [0.15, 0.2) is 0 Å². The van der Waals surface area contributed by atoms with E-state index in [0.717, 1.165) is 25.2 Å². The van der Waals surface area contributed by atoms with Crippen LogP contribution in [0, 0.1) is 11.8 Å². The molecule has 0 radical (unpaired) electrons. The summed E-state index contributed by atoms with van der Waals surface area (Å²) in [4.78, 5) is 24.8. The predicted octanol–water partition coefficient (Wildman–Crippen LogP) is 2.07. The van der Waals surface area contributed by atoms with Gasteiger partial charge in [0.1, 0.15) is 0 Å². The molecule has 0 aromatic carbocycles. The minimum absolute atomic E-state index is 0.0782. The Bertz CT molecular complexity index is 338. The molecule has 1 aliphatic heterocycles. The van der Waals surface area contributed by atoms with E-state index in [1.54, 1.807) is 4.90 Å². The van der Waals surface area contributed by atoms with E-state index < -0.39 is 11.9 Å². The van der Waals surface area contributed by atoms with Gasteiger partial charge in [-0.3, -0.25) is 4.79 Å². The van der Waals surface area contributed by atoms with Crippen LogP contribution in [0.4, 0.5) is 4.79 Å². The number of nitrogens with zero attached hydrogens (tertiary/aromatic N) is 1. The van der Waals surface area contributed by atoms with E-state index in [2.05, 4.69) is 12.2 Å². The van der Waals surface area contributed by atoms with Gasteiger partial charge in [-0.2, -0.15) is 0 Å². The molecule has 1 aliphatic carbocycles. The van der Waals surface area contributed by atoms with Gasteiger partial charge < -0.3 is 15.3 Å². The maximum absolute atomic E-state index is 12.1. The molecule has 108 valence electrons. The summed E-state index contributed by atoms with van der Waals surface area (Å²) in [6.45, 7) is 3.28. The third-order valence-corrected chi connectivity index (χ3v) is 4.40. The molecule has 1 saturated heterocycles. The molecule has 1 heterocycles. The van der Waals surface area contributed by atoms with Gasteiger partial charge in [-0.15, -0.1) is 0 Å². The molecule has 1 saturated carbocycles. The molecule has 2 amide bonds. The summed E-state index contributed by atoms with van der Waals surface area (Å²) in [6.07, 6.45) is 5.89. The lowest BCUT2D eigenvalue weighted by Crippen LogP contribution is -2.50. The number of hydrogen-bond acceptors (Lipinski definition) is 2. The van der Waals surface area contributed by atoms with E-state index in [0.29, 0.717) is 19.5 Å². The third-order valence-electron chi connectivity index (χ3n) is 4.40. The summed E-state index contributed by atoms with van der Waals surface area (Å²) in [5.41, 5.74) is 0. The Morgan fingerprint density at radius 1 is 1.16 bits per heavy atom. The predicted molar refractivity (Wildman–Crippen MR) is 71.9 cm³/mol. The van der Waals surface area contributed by atoms with Crippen LogP contribution in [-0.4, -0.2) is 41.1 Å². The molecular weight excluding hydrogens is 244 g/mol. The molecule has 0 bridgehead atoms. The number of nitrogens with one attached hydrogen (secondary N) is 1. The maximum atomic E-state index is 12.1. The van der Waals surface area contributed by atoms with Crippen molar-refractivity contribution in [3.63, 3.8) is 0 Å². The summed E-state index contributed by atoms with van der Waals surface area (Å²) in [5, 5.41) is 12.1. The van der Waals surface area contributed by atoms with E-state index in [1.807, 2.05) is 0 Å². The van der Waals surface area contributed by atoms with Crippen molar-refractivity contribution in [1.29, 1.82) is 0 Å². The molecule has 19 heavy (non-hydrogen) atoms. The molecule has 1 atom stereocenters. The van der Waals surface area contributed by atoms with Gasteiger partial charge in [-0.05, 0) is 44.4 Å². The Balaban J connectivity index is 1.80. The number of rotatable bonds is 2. The second-order valence-electron chi connectivity index (χ2n) is 6.03. The van der Waals surface area contributed by atoms with Crippen molar-refractivity contribution in [2.45, 2.75) is 51.5 Å². The fourth-order valence-corrected chi connectivity index (χ4v) is 3.03. The number of piperidine rings is 1. The van der Waals surface area contributed by atoms with E-state index >= 15 is 0 Å². The van der Waals surface area contributed by atoms with Gasteiger partial charge in [-0.25, -0.2) is 4.79 Å². The van der Waals surface area contributed by atoms with E-state index in [9.17, 15) is 9.59 Å². The average Bonchev–Trinajstić information content (AvgIpc) is 2.41. The first-order valence-corrected chi connectivity index (χ1v) is 7.34. The summed E-state index contributed by atoms with van der Waals surface area (Å²) < 4.78 is 0. The van der Waals surface area contributed by atoms with E-state index in [-0.39, 0.29) is 12.1 Å². The lowest BCUT2D eigenvalue weighted by molar-refractivity contribution is -0.143. The number of carbonyl (C=O) groups is 2. The topological polar surface area (TPSA) is 69.6 Å². The zero-order valence-corrected chi connectivity index (χ0v) is 11.6. The first-order chi connectivity index (χ1) is 9.06. The molecule has 5 nitrogen and oxygen atoms in total. The van der Waals surface area contributed by atoms with Gasteiger partial charge in [0.2, 0.25) is 0 Å². The van der Waals surface area contributed by atoms with Crippen LogP contribution in [0.5, 0.6) is 0 Å². The number of urea groups is 1. The highest BCUT2D eigenvalue weighted by atomic mass is 16.4. The lowest BCUT2D eigenvalue weighted by atomic mass is 9.87. The van der Waals surface area contributed by atoms with Crippen LogP contribution in [0.25, 0.3) is 0 Å². The SMILES string of the molecule is CC1CCC(NC(=O)N2CCC[C@@H](C(=O)O)C2)CC1. The Kier molecular flexibility index (Phi) is 4.66. The highest BCUT2D eigenvalue weighted by Crippen LogP contribution is 2.24. The number of likely N-dealkylation sites (tertiary alicyclic amines) is 1. The number of aliphatic carboxylic acids is 1. The van der Waals surface area contributed by atoms with Gasteiger partial charge in [-0.1, -0.05) is 6.92 Å². The Morgan fingerprint density at radius 2 is 1.84 bits per heavy atom. The van der Waals surface area contributed by atoms with Gasteiger partial charge in [0.25, 0.3) is 0 Å². The standard InChI is InChI=1S/C14H24N2O3/c1-10-4-6-12(7-5-10)15-14(19)16-8-2-3-11(9-16)13(17)18/h10-12H,2-9H2,1H3,(H,15,19)(H,17,18)/t10?,11-,12?/m1/s1. The quantitative estimate of drug-likeness (QED) is 0.805. The number of carboxylic acid groups (broad SMARTS) is 1. The van der Waals surface area contributed by atoms with Crippen molar-refractivity contribution in [2.75, 3.05) is 13.1 Å². The third kappa shape index (κ3) is 3.85. The highest BCUT2D eigenvalue weighted by molar-refractivity contribution is 5.76. The first-order valence-electron chi connectivity index (χ1n) is 7.34. The van der Waals surface area contributed by atoms with Crippen LogP contribution in [0.3, 0.4) is 0 Å². The minimum atomic E-state index is -0.788. The maximum Gasteiger partial charge on any atom is 0.317 e. The number of hydrogen-bond donors (Lipinski definition) is 2. The fraction of sp³-hybridized carbons (Fsp3) is 0.857. The van der Waals surface area contributed by atoms with Crippen molar-refractivity contribution < 1.29 is 14.7 Å². The molecular formula is C14H24N2O3. The van der Waals surface area contributed by atoms with Gasteiger partial charge in [0, 0.05) is 19.1 Å². The second-order valence-corrected chi connectivity index (χ2v) is 6.03. The number of carboxylic acids is 1. The summed E-state index contributed by atoms with van der Waals surface area (Å²) in [7, 11) is 0. The zero-order chi connectivity index (χ0) is 13.8. The summed E-state index contributed by atoms with van der Waals surface area (Å²) in [5.74, 6) is -0.422. The Labute approximate surface area is 114 Å². The monoisotopic (exact) mass is 268 g/mol. The molecule has 0 unspecified atom stereocenters. The van der Waals surface area contributed by atoms with Crippen LogP contribution in [0.1, 0.15) is 45.4 Å². The van der Waals surface area contributed by atoms with Crippen molar-refractivity contribution >= 4 is 12.0 Å². The average molecular weight is 268 g/mol. The normalized spacial score (nSPS) is 31.8. The summed E-state index contributed by atoms with van der Waals surface area (Å²) >= 11 is 0. The molecule has 2 N–H and O–H groups in total. The summed E-state index contributed by atoms with van der Waals surface area (Å²) in [6, 6.07) is 0.194. The lowest BCUT2D eigenvalue weighted by Gasteiger charge is -2.33. The molecule has 0 aromatic heterocycles. The van der Waals surface area contributed by atoms with E-state index in [4.69, 9.17) is 5.11 Å². The van der Waals surface area contributed by atoms with Crippen LogP contribution in [-0.2, 0) is 4.79 Å². The first kappa shape index (κ1) is 14.2. The Hall–Kier alpha value is -1.26. The molecule has 0 spiro atoms. The fourth-order valence-electron chi connectivity index (χ4n) is 3.03. The zero-order valence-electron chi connectivity index (χ0n) is 11.6. The van der Waals surface area contributed by atoms with E-state index in [1.165, 1.54) is 12.8 Å². The molecule has 2 aliphatic rings. The van der Waals surface area contributed by atoms with Crippen molar-refractivity contribution in [3.05, 3.63) is 0 Å². The second kappa shape index (κ2) is 6.26. The largest absolute Gasteiger partial charge is 0.481 e. The van der Waals surface area contributed by atoms with Crippen LogP contribution in [0.2, 0.25) is 0 Å². The molecule has 2 rings (SSSR count). The molecule has 0 aromatic rings. The van der Waals surface area contributed by atoms with Gasteiger partial charge in [0.05, 0.1) is 5.92 Å². The molecule has 5 heteroatoms. The highest BCUT2D eigenvalue weighted by Gasteiger charge is 2.29. The van der Waals surface area contributed by atoms with Gasteiger partial charge >= 0.3 is 12.0 Å². The van der Waals surface area contributed by atoms with Crippen LogP contribution >= 0.6 is 0 Å². The number of amides is 2. The van der Waals surface area contributed by atoms with Crippen molar-refractivity contribution in [3.8, 4) is 0 Å². The minimum Gasteiger partial charge on any atom is -0.481 e.